The van der Waals surface area contributed by atoms with Crippen LogP contribution in [0.2, 0.25) is 0 Å². The van der Waals surface area contributed by atoms with Gasteiger partial charge in [-0.3, -0.25) is 0 Å². The molecule has 0 heterocycles. The summed E-state index contributed by atoms with van der Waals surface area (Å²) in [5.41, 5.74) is 20.0. The molecule has 0 saturated heterocycles. The van der Waals surface area contributed by atoms with Crippen LogP contribution in [0.25, 0.3) is 33.0 Å². The minimum Gasteiger partial charge on any atom is -0.310 e. The van der Waals surface area contributed by atoms with Crippen molar-refractivity contribution >= 4 is 44.9 Å². The molecule has 0 spiro atoms. The molecule has 2 atom stereocenters. The quantitative estimate of drug-likeness (QED) is 0.135. The van der Waals surface area contributed by atoms with Crippen LogP contribution < -0.4 is 9.80 Å². The Morgan fingerprint density at radius 1 is 0.230 bits per heavy atom. The number of hydrogen-bond acceptors (Lipinski definition) is 2. The van der Waals surface area contributed by atoms with Crippen molar-refractivity contribution in [2.24, 2.45) is 0 Å². The van der Waals surface area contributed by atoms with E-state index >= 15 is 0 Å². The molecular weight excluding hydrogens is 893 g/mol. The summed E-state index contributed by atoms with van der Waals surface area (Å²) >= 11 is 0. The number of rotatable bonds is 10. The molecule has 2 nitrogen and oxygen atoms in total. The molecule has 2 heteroatoms. The maximum Gasteiger partial charge on any atom is 0.0715 e. The van der Waals surface area contributed by atoms with E-state index in [-0.39, 0.29) is 0 Å². The maximum atomic E-state index is 2.57. The molecule has 0 N–H and O–H groups in total. The largest absolute Gasteiger partial charge is 0.310 e. The average molecular weight is 943 g/mol. The second-order valence-corrected chi connectivity index (χ2v) is 19.5. The SMILES string of the molecule is c1ccc(N(c2ccccc2)c2cc(N(c3ccccc3)c3ccccc3)c3c(c2)C(c2ccccc2)(c2cccc(C4(c5ccccc5)c5ccccc5-c5c4ccc4ccccc54)c2)c2ccccc2-3)cc1. The Labute approximate surface area is 433 Å². The van der Waals surface area contributed by atoms with Crippen LogP contribution in [0.4, 0.5) is 34.1 Å². The summed E-state index contributed by atoms with van der Waals surface area (Å²) in [4.78, 5) is 4.89. The minimum atomic E-state index is -0.783. The summed E-state index contributed by atoms with van der Waals surface area (Å²) in [5, 5.41) is 2.52. The van der Waals surface area contributed by atoms with Gasteiger partial charge in [-0.15, -0.1) is 0 Å². The highest BCUT2D eigenvalue weighted by Gasteiger charge is 2.51. The van der Waals surface area contributed by atoms with Crippen molar-refractivity contribution in [3.05, 3.63) is 348 Å². The molecule has 0 bridgehead atoms. The normalized spacial score (nSPS) is 15.9. The van der Waals surface area contributed by atoms with Gasteiger partial charge in [0.25, 0.3) is 0 Å². The molecule has 0 radical (unpaired) electrons. The van der Waals surface area contributed by atoms with Crippen molar-refractivity contribution in [3.63, 3.8) is 0 Å². The number of hydrogen-bond donors (Lipinski definition) is 0. The van der Waals surface area contributed by atoms with E-state index in [0.29, 0.717) is 0 Å². The highest BCUT2D eigenvalue weighted by atomic mass is 15.2. The third-order valence-electron chi connectivity index (χ3n) is 15.7. The zero-order valence-electron chi connectivity index (χ0n) is 40.8. The topological polar surface area (TPSA) is 6.48 Å². The molecule has 12 aromatic rings. The Morgan fingerprint density at radius 3 is 1.16 bits per heavy atom. The fraction of sp³-hybridized carbons (Fsp3) is 0.0278. The molecule has 2 aliphatic rings. The molecular formula is C72H50N2. The predicted molar refractivity (Wildman–Crippen MR) is 308 cm³/mol. The summed E-state index contributed by atoms with van der Waals surface area (Å²) in [5.74, 6) is 0. The third kappa shape index (κ3) is 6.51. The van der Waals surface area contributed by atoms with Gasteiger partial charge in [-0.1, -0.05) is 243 Å². The first-order chi connectivity index (χ1) is 36.7. The van der Waals surface area contributed by atoms with Crippen LogP contribution in [-0.2, 0) is 10.8 Å². The first-order valence-corrected chi connectivity index (χ1v) is 25.7. The van der Waals surface area contributed by atoms with Crippen LogP contribution in [0.1, 0.15) is 44.5 Å². The fourth-order valence-corrected chi connectivity index (χ4v) is 12.8. The summed E-state index contributed by atoms with van der Waals surface area (Å²) in [6, 6.07) is 112. The maximum absolute atomic E-state index is 2.57. The summed E-state index contributed by atoms with van der Waals surface area (Å²) in [7, 11) is 0. The van der Waals surface area contributed by atoms with Crippen LogP contribution in [0.3, 0.4) is 0 Å². The van der Waals surface area contributed by atoms with Gasteiger partial charge >= 0.3 is 0 Å². The number of fused-ring (bicyclic) bond motifs is 8. The molecule has 2 unspecified atom stereocenters. The van der Waals surface area contributed by atoms with E-state index in [0.717, 1.165) is 34.1 Å². The molecule has 0 aliphatic heterocycles. The van der Waals surface area contributed by atoms with Crippen molar-refractivity contribution in [3.8, 4) is 22.3 Å². The molecule has 0 amide bonds. The Hall–Kier alpha value is -9.50. The lowest BCUT2D eigenvalue weighted by Gasteiger charge is -2.38. The zero-order chi connectivity index (χ0) is 49.1. The van der Waals surface area contributed by atoms with Gasteiger partial charge in [-0.25, -0.2) is 0 Å². The second kappa shape index (κ2) is 17.7. The van der Waals surface area contributed by atoms with Crippen molar-refractivity contribution in [2.45, 2.75) is 10.8 Å². The molecule has 14 rings (SSSR count). The Morgan fingerprint density at radius 2 is 0.635 bits per heavy atom. The first kappa shape index (κ1) is 43.3. The molecule has 2 aliphatic carbocycles. The molecule has 0 saturated carbocycles. The standard InChI is InChI=1S/C72H50N2/c1-7-27-52(28-8-1)71(64-44-23-21-42-62(64)69-61-41-20-19-26-51(61)46-47-66(69)71)54-31-25-32-55(48-54)72(53-29-9-2-10-30-53)65-45-24-22-43-63(65)70-67(72)49-60(73(56-33-11-3-12-34-56)57-35-13-4-14-36-57)50-68(70)74(58-37-15-5-16-38-58)59-39-17-6-18-40-59/h1-50H. The molecule has 0 fully saturated rings. The van der Waals surface area contributed by atoms with E-state index in [1.807, 2.05) is 0 Å². The summed E-state index contributed by atoms with van der Waals surface area (Å²) in [6.07, 6.45) is 0. The lowest BCUT2D eigenvalue weighted by molar-refractivity contribution is 0.740. The van der Waals surface area contributed by atoms with E-state index in [1.54, 1.807) is 0 Å². The molecule has 0 aromatic heterocycles. The van der Waals surface area contributed by atoms with Gasteiger partial charge in [0, 0.05) is 34.0 Å². The lowest BCUT2D eigenvalue weighted by Crippen LogP contribution is -2.32. The van der Waals surface area contributed by atoms with Gasteiger partial charge in [0.1, 0.15) is 0 Å². The Bertz CT molecular complexity index is 3930. The number of anilines is 6. The van der Waals surface area contributed by atoms with E-state index in [2.05, 4.69) is 313 Å². The van der Waals surface area contributed by atoms with E-state index in [9.17, 15) is 0 Å². The first-order valence-electron chi connectivity index (χ1n) is 25.7. The molecule has 12 aromatic carbocycles. The van der Waals surface area contributed by atoms with Crippen molar-refractivity contribution < 1.29 is 0 Å². The van der Waals surface area contributed by atoms with Crippen LogP contribution in [0, 0.1) is 0 Å². The second-order valence-electron chi connectivity index (χ2n) is 19.5. The average Bonchev–Trinajstić information content (AvgIpc) is 3.96. The van der Waals surface area contributed by atoms with Crippen LogP contribution in [-0.4, -0.2) is 0 Å². The zero-order valence-corrected chi connectivity index (χ0v) is 40.8. The monoisotopic (exact) mass is 942 g/mol. The highest BCUT2D eigenvalue weighted by molar-refractivity contribution is 6.05. The van der Waals surface area contributed by atoms with E-state index < -0.39 is 10.8 Å². The minimum absolute atomic E-state index is 0.631. The number of nitrogens with zero attached hydrogens (tertiary/aromatic N) is 2. The summed E-state index contributed by atoms with van der Waals surface area (Å²) < 4.78 is 0. The van der Waals surface area contributed by atoms with Gasteiger partial charge in [0.2, 0.25) is 0 Å². The Kier molecular flexibility index (Phi) is 10.3. The number of para-hydroxylation sites is 4. The van der Waals surface area contributed by atoms with Crippen LogP contribution in [0.15, 0.2) is 303 Å². The summed E-state index contributed by atoms with van der Waals surface area (Å²) in [6.45, 7) is 0. The van der Waals surface area contributed by atoms with Crippen LogP contribution in [0.5, 0.6) is 0 Å². The van der Waals surface area contributed by atoms with Gasteiger partial charge in [0.05, 0.1) is 16.5 Å². The Balaban J connectivity index is 1.13. The van der Waals surface area contributed by atoms with Crippen molar-refractivity contribution in [2.75, 3.05) is 9.80 Å². The van der Waals surface area contributed by atoms with E-state index in [1.165, 1.54) is 77.5 Å². The van der Waals surface area contributed by atoms with Crippen LogP contribution >= 0.6 is 0 Å². The van der Waals surface area contributed by atoms with Gasteiger partial charge in [0.15, 0.2) is 0 Å². The number of benzene rings is 12. The molecule has 348 valence electrons. The third-order valence-corrected chi connectivity index (χ3v) is 15.7. The van der Waals surface area contributed by atoms with Gasteiger partial charge in [-0.05, 0) is 133 Å². The highest BCUT2D eigenvalue weighted by Crippen LogP contribution is 2.63. The van der Waals surface area contributed by atoms with Crippen molar-refractivity contribution in [1.82, 2.24) is 0 Å². The van der Waals surface area contributed by atoms with Gasteiger partial charge < -0.3 is 9.80 Å². The van der Waals surface area contributed by atoms with E-state index in [4.69, 9.17) is 0 Å². The predicted octanol–water partition coefficient (Wildman–Crippen LogP) is 18.5. The van der Waals surface area contributed by atoms with Crippen molar-refractivity contribution in [1.29, 1.82) is 0 Å². The smallest absolute Gasteiger partial charge is 0.0715 e. The molecule has 74 heavy (non-hydrogen) atoms. The fourth-order valence-electron chi connectivity index (χ4n) is 12.8. The van der Waals surface area contributed by atoms with Gasteiger partial charge in [-0.2, -0.15) is 0 Å². The lowest BCUT2D eigenvalue weighted by atomic mass is 9.64.